The summed E-state index contributed by atoms with van der Waals surface area (Å²) < 4.78 is 13.1. The number of amides is 1. The lowest BCUT2D eigenvalue weighted by molar-refractivity contribution is -0.137. The molecule has 1 atom stereocenters. The number of rotatable bonds is 6. The minimum atomic E-state index is -1.07. The maximum Gasteiger partial charge on any atom is 0.247 e. The fraction of sp³-hybridized carbons (Fsp3) is 0.350. The van der Waals surface area contributed by atoms with Crippen LogP contribution in [0.15, 0.2) is 54.6 Å². The average Bonchev–Trinajstić information content (AvgIpc) is 3.40. The lowest BCUT2D eigenvalue weighted by Gasteiger charge is -2.32. The van der Waals surface area contributed by atoms with Gasteiger partial charge in [0.1, 0.15) is 11.4 Å². The lowest BCUT2D eigenvalue weighted by atomic mass is 9.91. The van der Waals surface area contributed by atoms with Crippen LogP contribution in [0.25, 0.3) is 0 Å². The lowest BCUT2D eigenvalue weighted by Crippen LogP contribution is -2.51. The van der Waals surface area contributed by atoms with Crippen LogP contribution in [0.3, 0.4) is 0 Å². The molecule has 4 heteroatoms. The number of carbonyl (C=O) groups excluding carboxylic acids is 1. The molecule has 2 aromatic rings. The van der Waals surface area contributed by atoms with Crippen molar-refractivity contribution in [2.75, 3.05) is 6.54 Å². The SMILES string of the molecule is CC(N)(C(=O)N(Cc1ccc(F)cc1)CC1CC1)c1ccccc1. The zero-order valence-electron chi connectivity index (χ0n) is 13.9. The second-order valence-corrected chi connectivity index (χ2v) is 6.82. The predicted molar refractivity (Wildman–Crippen MR) is 92.5 cm³/mol. The molecule has 0 saturated heterocycles. The Kier molecular flexibility index (Phi) is 4.67. The van der Waals surface area contributed by atoms with Crippen molar-refractivity contribution < 1.29 is 9.18 Å². The van der Waals surface area contributed by atoms with Gasteiger partial charge >= 0.3 is 0 Å². The minimum absolute atomic E-state index is 0.0927. The number of benzene rings is 2. The quantitative estimate of drug-likeness (QED) is 0.884. The first kappa shape index (κ1) is 16.7. The van der Waals surface area contributed by atoms with E-state index in [4.69, 9.17) is 5.73 Å². The standard InChI is InChI=1S/C20H23FN2O/c1-20(22,17-5-3-2-4-6-17)19(24)23(13-15-7-8-15)14-16-9-11-18(21)12-10-16/h2-6,9-12,15H,7-8,13-14,22H2,1H3. The summed E-state index contributed by atoms with van der Waals surface area (Å²) in [5.74, 6) is 0.192. The monoisotopic (exact) mass is 326 g/mol. The number of nitrogens with zero attached hydrogens (tertiary/aromatic N) is 1. The Morgan fingerprint density at radius 3 is 2.38 bits per heavy atom. The number of hydrogen-bond acceptors (Lipinski definition) is 2. The van der Waals surface area contributed by atoms with Crippen LogP contribution >= 0.6 is 0 Å². The molecule has 0 aliphatic heterocycles. The van der Waals surface area contributed by atoms with Gasteiger partial charge in [0.15, 0.2) is 0 Å². The molecule has 126 valence electrons. The number of carbonyl (C=O) groups is 1. The van der Waals surface area contributed by atoms with E-state index in [1.165, 1.54) is 12.1 Å². The van der Waals surface area contributed by atoms with Crippen LogP contribution in [0.4, 0.5) is 4.39 Å². The van der Waals surface area contributed by atoms with Gasteiger partial charge in [0.2, 0.25) is 5.91 Å². The van der Waals surface area contributed by atoms with E-state index in [-0.39, 0.29) is 11.7 Å². The molecule has 3 rings (SSSR count). The van der Waals surface area contributed by atoms with Crippen molar-refractivity contribution in [3.8, 4) is 0 Å². The van der Waals surface area contributed by atoms with Crippen LogP contribution in [0.2, 0.25) is 0 Å². The Morgan fingerprint density at radius 1 is 1.17 bits per heavy atom. The van der Waals surface area contributed by atoms with Crippen LogP contribution in [-0.4, -0.2) is 17.4 Å². The Bertz CT molecular complexity index is 693. The molecular weight excluding hydrogens is 303 g/mol. The first-order valence-electron chi connectivity index (χ1n) is 8.35. The third kappa shape index (κ3) is 3.82. The molecule has 0 heterocycles. The van der Waals surface area contributed by atoms with E-state index in [2.05, 4.69) is 0 Å². The average molecular weight is 326 g/mol. The van der Waals surface area contributed by atoms with Crippen molar-refractivity contribution >= 4 is 5.91 Å². The zero-order chi connectivity index (χ0) is 17.2. The summed E-state index contributed by atoms with van der Waals surface area (Å²) in [6.07, 6.45) is 2.31. The summed E-state index contributed by atoms with van der Waals surface area (Å²) in [6, 6.07) is 15.7. The highest BCUT2D eigenvalue weighted by molar-refractivity contribution is 5.87. The number of halogens is 1. The zero-order valence-corrected chi connectivity index (χ0v) is 13.9. The summed E-state index contributed by atoms with van der Waals surface area (Å²) in [7, 11) is 0. The van der Waals surface area contributed by atoms with Crippen LogP contribution in [0.5, 0.6) is 0 Å². The molecule has 0 radical (unpaired) electrons. The van der Waals surface area contributed by atoms with Gasteiger partial charge in [0.05, 0.1) is 0 Å². The molecule has 3 nitrogen and oxygen atoms in total. The highest BCUT2D eigenvalue weighted by Crippen LogP contribution is 2.32. The minimum Gasteiger partial charge on any atom is -0.336 e. The van der Waals surface area contributed by atoms with Crippen molar-refractivity contribution in [2.45, 2.75) is 31.8 Å². The molecule has 0 spiro atoms. The van der Waals surface area contributed by atoms with E-state index < -0.39 is 5.54 Å². The fourth-order valence-electron chi connectivity index (χ4n) is 2.88. The summed E-state index contributed by atoms with van der Waals surface area (Å²) in [5.41, 5.74) is 7.04. The van der Waals surface area contributed by atoms with E-state index in [1.54, 1.807) is 19.1 Å². The van der Waals surface area contributed by atoms with Crippen molar-refractivity contribution in [3.05, 3.63) is 71.5 Å². The predicted octanol–water partition coefficient (Wildman–Crippen LogP) is 3.44. The maximum absolute atomic E-state index is 13.1. The summed E-state index contributed by atoms with van der Waals surface area (Å²) >= 11 is 0. The second-order valence-electron chi connectivity index (χ2n) is 6.82. The molecule has 1 aliphatic rings. The molecule has 0 aromatic heterocycles. The molecular formula is C20H23FN2O. The summed E-state index contributed by atoms with van der Waals surface area (Å²) in [6.45, 7) is 2.92. The molecule has 1 unspecified atom stereocenters. The molecule has 0 bridgehead atoms. The normalized spacial score (nSPS) is 16.5. The second kappa shape index (κ2) is 6.73. The number of hydrogen-bond donors (Lipinski definition) is 1. The van der Waals surface area contributed by atoms with Crippen molar-refractivity contribution in [3.63, 3.8) is 0 Å². The van der Waals surface area contributed by atoms with Gasteiger partial charge in [0, 0.05) is 13.1 Å². The highest BCUT2D eigenvalue weighted by atomic mass is 19.1. The molecule has 1 amide bonds. The van der Waals surface area contributed by atoms with Gasteiger partial charge in [0.25, 0.3) is 0 Å². The molecule has 24 heavy (non-hydrogen) atoms. The molecule has 2 aromatic carbocycles. The van der Waals surface area contributed by atoms with Crippen LogP contribution in [-0.2, 0) is 16.9 Å². The van der Waals surface area contributed by atoms with E-state index >= 15 is 0 Å². The third-order valence-corrected chi connectivity index (χ3v) is 4.57. The van der Waals surface area contributed by atoms with Gasteiger partial charge in [-0.1, -0.05) is 42.5 Å². The largest absolute Gasteiger partial charge is 0.336 e. The summed E-state index contributed by atoms with van der Waals surface area (Å²) in [4.78, 5) is 14.9. The topological polar surface area (TPSA) is 46.3 Å². The van der Waals surface area contributed by atoms with Gasteiger partial charge in [-0.2, -0.15) is 0 Å². The molecule has 2 N–H and O–H groups in total. The van der Waals surface area contributed by atoms with Crippen molar-refractivity contribution in [1.29, 1.82) is 0 Å². The van der Waals surface area contributed by atoms with E-state index in [9.17, 15) is 9.18 Å². The third-order valence-electron chi connectivity index (χ3n) is 4.57. The maximum atomic E-state index is 13.1. The van der Waals surface area contributed by atoms with E-state index in [0.29, 0.717) is 19.0 Å². The Morgan fingerprint density at radius 2 is 1.79 bits per heavy atom. The molecule has 1 aliphatic carbocycles. The first-order valence-corrected chi connectivity index (χ1v) is 8.35. The highest BCUT2D eigenvalue weighted by Gasteiger charge is 2.36. The Balaban J connectivity index is 1.81. The van der Waals surface area contributed by atoms with Gasteiger partial charge in [-0.05, 0) is 48.9 Å². The Labute approximate surface area is 142 Å². The fourth-order valence-corrected chi connectivity index (χ4v) is 2.88. The first-order chi connectivity index (χ1) is 11.5. The van der Waals surface area contributed by atoms with E-state index in [1.807, 2.05) is 35.2 Å². The van der Waals surface area contributed by atoms with Crippen molar-refractivity contribution in [1.82, 2.24) is 4.90 Å². The van der Waals surface area contributed by atoms with Gasteiger partial charge < -0.3 is 10.6 Å². The van der Waals surface area contributed by atoms with Crippen LogP contribution < -0.4 is 5.73 Å². The van der Waals surface area contributed by atoms with Crippen LogP contribution in [0, 0.1) is 11.7 Å². The van der Waals surface area contributed by atoms with Gasteiger partial charge in [-0.25, -0.2) is 4.39 Å². The molecule has 1 saturated carbocycles. The molecule has 1 fully saturated rings. The van der Waals surface area contributed by atoms with Crippen LogP contribution in [0.1, 0.15) is 30.9 Å². The Hall–Kier alpha value is -2.20. The van der Waals surface area contributed by atoms with E-state index in [0.717, 1.165) is 24.0 Å². The smallest absolute Gasteiger partial charge is 0.247 e. The van der Waals surface area contributed by atoms with Gasteiger partial charge in [-0.3, -0.25) is 4.79 Å². The number of nitrogens with two attached hydrogens (primary N) is 1. The summed E-state index contributed by atoms with van der Waals surface area (Å²) in [5, 5.41) is 0. The van der Waals surface area contributed by atoms with Crippen molar-refractivity contribution in [2.24, 2.45) is 11.7 Å². The van der Waals surface area contributed by atoms with Gasteiger partial charge in [-0.15, -0.1) is 0 Å².